The van der Waals surface area contributed by atoms with Crippen LogP contribution >= 0.6 is 92.9 Å². The molecule has 38 N–H and O–H groups in total. The van der Waals surface area contributed by atoms with Crippen LogP contribution in [0.3, 0.4) is 0 Å². The Bertz CT molecular complexity index is 4900. The number of nitrogens with two attached hydrogens (primary N) is 4. The molecule has 0 aliphatic carbocycles. The number of aliphatic hydroxyl groups excluding tert-OH is 2. The van der Waals surface area contributed by atoms with Crippen LogP contribution in [0, 0.1) is 23.7 Å². The standard InChI is InChI=1S/C35H51N8O22P3S2.C32H49N8O19P3S2.4H2O/c36-21(33(51)38-10-5-1-2-8-26(46)41-22(12-28(47)48)34(52)42-23(35(53)54)13-29(49)50)17-70-69-11-9-20(44)7-4-3-6-19-15-43(32-30(19)31(37)39-18-40-32)27-14-24(45)25(63-27)16-62-67(58,59)65-68(60,61)64-66(55,56)57;33-18(29(48)36-8-3-1-2-6-24(43)37-19(11-26(44)45)30(49)38-20(31(50)51)12-27(46)47)16-64-63-10-7-23(42)35-9-4-5-17-14-40(32(52)39-28(17)34)25-13-21(41)22(57-25)15-56-60-58-62(55)59-61(53)54;;;;/h15,18,21-25,27,45H,1-2,4-5,7-14,16-17,36H2,(H,38,51)(H,41,46)(H,42,52)(H,47,48)(H,49,50)(H,53,54)(H,58,59)(H,60,61)(H2,37,39,40)(H2,55,56,57);14,18-22,25,41,53-55,60H,1-3,6-13,15-16,33H2,(H,35,42)(H,36,48)(H,37,43)(H,38,49)(H,44,45)(H,46,47)(H,50,51)(H2,34,39,52);4*1H2/t21?,22?,23?,24?,25-,27-;18?,19?,20?,21?,22-,25-,62?;;;;/m11..../s1. The number of nitrogen functional groups attached to an aromatic ring is 2. The van der Waals surface area contributed by atoms with Gasteiger partial charge in [0, 0.05) is 99.9 Å². The van der Waals surface area contributed by atoms with Crippen molar-refractivity contribution in [2.24, 2.45) is 11.5 Å². The summed E-state index contributed by atoms with van der Waals surface area (Å²) in [6, 6.07) is -8.68. The van der Waals surface area contributed by atoms with Gasteiger partial charge in [0.05, 0.1) is 86.2 Å². The molecule has 3 aromatic heterocycles. The lowest BCUT2D eigenvalue weighted by Gasteiger charge is -2.19. The smallest absolute Gasteiger partial charge is 0.481 e. The second-order valence-electron chi connectivity index (χ2n) is 27.9. The molecule has 16 atom stereocenters. The maximum atomic E-state index is 12.6. The lowest BCUT2D eigenvalue weighted by molar-refractivity contribution is -0.148. The molecule has 5 rings (SSSR count). The lowest BCUT2D eigenvalue weighted by atomic mass is 10.1. The fourth-order valence-electron chi connectivity index (χ4n) is 11.1. The molecule has 138 heavy (non-hydrogen) atoms. The van der Waals surface area contributed by atoms with E-state index in [1.807, 2.05) is 10.6 Å². The van der Waals surface area contributed by atoms with E-state index in [0.717, 1.165) is 4.57 Å². The number of rotatable bonds is 61. The van der Waals surface area contributed by atoms with Gasteiger partial charge in [-0.25, -0.2) is 42.4 Å². The summed E-state index contributed by atoms with van der Waals surface area (Å²) in [5, 5.41) is 91.6. The first-order chi connectivity index (χ1) is 62.9. The number of fused-ring (bicyclic) bond motifs is 1. The highest BCUT2D eigenvalue weighted by Crippen LogP contribution is 2.66. The summed E-state index contributed by atoms with van der Waals surface area (Å²) in [6.07, 6.45) is -3.61. The first-order valence-electron chi connectivity index (χ1n) is 39.1. The zero-order valence-electron chi connectivity index (χ0n) is 72.0. The predicted molar refractivity (Wildman–Crippen MR) is 486 cm³/mol. The zero-order valence-corrected chi connectivity index (χ0v) is 80.7. The van der Waals surface area contributed by atoms with Gasteiger partial charge in [-0.15, -0.1) is 0 Å². The number of carboxylic acid groups (broad SMARTS) is 6. The van der Waals surface area contributed by atoms with E-state index in [2.05, 4.69) is 82.7 Å². The third kappa shape index (κ3) is 51.8. The molecule has 780 valence electrons. The van der Waals surface area contributed by atoms with Crippen molar-refractivity contribution in [3.8, 4) is 23.7 Å². The van der Waals surface area contributed by atoms with E-state index in [1.165, 1.54) is 66.5 Å². The van der Waals surface area contributed by atoms with Crippen LogP contribution in [-0.2, 0) is 117 Å². The molecular weight excluding hydrogens is 2060 g/mol. The van der Waals surface area contributed by atoms with Crippen molar-refractivity contribution in [3.05, 3.63) is 40.3 Å². The van der Waals surface area contributed by atoms with Gasteiger partial charge in [0.15, 0.2) is 9.03 Å². The van der Waals surface area contributed by atoms with E-state index in [9.17, 15) is 111 Å². The van der Waals surface area contributed by atoms with Crippen molar-refractivity contribution in [2.45, 2.75) is 189 Å². The highest BCUT2D eigenvalue weighted by atomic mass is 33.1. The van der Waals surface area contributed by atoms with Crippen molar-refractivity contribution in [3.63, 3.8) is 0 Å². The lowest BCUT2D eigenvalue weighted by Crippen LogP contribution is -2.52. The van der Waals surface area contributed by atoms with E-state index < -0.39 is 232 Å². The van der Waals surface area contributed by atoms with Gasteiger partial charge >= 0.3 is 82.2 Å². The Morgan fingerprint density at radius 2 is 1.02 bits per heavy atom. The topological polar surface area (TPSA) is 1050 Å². The summed E-state index contributed by atoms with van der Waals surface area (Å²) in [4.78, 5) is 254. The zero-order chi connectivity index (χ0) is 100. The third-order valence-corrected chi connectivity index (χ3v) is 28.4. The van der Waals surface area contributed by atoms with Crippen molar-refractivity contribution in [1.82, 2.24) is 61.3 Å². The van der Waals surface area contributed by atoms with Crippen LogP contribution in [0.4, 0.5) is 11.6 Å². The second-order valence-corrected chi connectivity index (χ2v) is 40.4. The van der Waals surface area contributed by atoms with Gasteiger partial charge in [-0.1, -0.05) is 79.7 Å². The maximum Gasteiger partial charge on any atom is 0.490 e. The number of nitrogens with zero attached hydrogens (tertiary/aromatic N) is 5. The SMILES string of the molecule is Nc1nc(=O)n([C@H]2CC(O)[C@@H](COPOP(O)OP(O)O)O2)cc1C#CCNC(=O)CCSSCC(N)C(=O)NCCCCCC(=O)NC(CC(=O)O)C(=O)NC(CC(=O)O)C(=O)O.Nc1ncnc2c1c(C#CCCC(=O)CCSSCC(N)C(=O)NCCCCCC(=O)NC(CC(=O)O)C(=O)NC(CC(=O)O)C(=O)O)cn2[C@H]1CC(O)[C@@H](COP(=O)(O)OP(=O)(O)OP(=O)(O)O)O1.O.O.O.O. The minimum absolute atomic E-state index is 0. The number of anilines is 2. The van der Waals surface area contributed by atoms with Gasteiger partial charge in [0.2, 0.25) is 41.4 Å². The van der Waals surface area contributed by atoms with E-state index in [-0.39, 0.29) is 152 Å². The number of nitrogens with one attached hydrogen (secondary N) is 7. The molecule has 3 aromatic rings. The van der Waals surface area contributed by atoms with Gasteiger partial charge in [0.1, 0.15) is 78.2 Å². The number of unbranched alkanes of at least 4 members (excludes halogenated alkanes) is 4. The highest BCUT2D eigenvalue weighted by Gasteiger charge is 2.44. The number of phosphoric acid groups is 3. The highest BCUT2D eigenvalue weighted by molar-refractivity contribution is 8.77. The molecular formula is C67H108N16O45P6S4. The van der Waals surface area contributed by atoms with E-state index in [4.69, 9.17) is 91.5 Å². The number of ether oxygens (including phenoxy) is 2. The first-order valence-corrected chi connectivity index (χ1v) is 51.7. The number of carbonyl (C=O) groups excluding carboxylic acids is 8. The molecule has 0 radical (unpaired) electrons. The Kier molecular flexibility index (Phi) is 62.2. The molecule has 5 heterocycles. The molecule has 7 amide bonds. The normalized spacial score (nSPS) is 17.8. The van der Waals surface area contributed by atoms with E-state index in [0.29, 0.717) is 54.6 Å². The Hall–Kier alpha value is -8.54. The van der Waals surface area contributed by atoms with Crippen molar-refractivity contribution in [2.75, 3.05) is 67.3 Å². The average molecular weight is 2170 g/mol. The fourth-order valence-corrected chi connectivity index (χ4v) is 20.0. The average Bonchev–Trinajstić information content (AvgIpc) is 1.61. The molecule has 2 aliphatic rings. The third-order valence-electron chi connectivity index (χ3n) is 17.4. The Balaban J connectivity index is 0.00000265. The van der Waals surface area contributed by atoms with E-state index in [1.54, 1.807) is 0 Å². The van der Waals surface area contributed by atoms with Gasteiger partial charge < -0.3 is 176 Å². The van der Waals surface area contributed by atoms with Crippen LogP contribution in [0.5, 0.6) is 0 Å². The molecule has 0 spiro atoms. The largest absolute Gasteiger partial charge is 0.490 e. The van der Waals surface area contributed by atoms with Crippen LogP contribution in [-0.4, -0.2) is 321 Å². The van der Waals surface area contributed by atoms with Crippen LogP contribution in [0.25, 0.3) is 11.0 Å². The molecule has 71 heteroatoms. The quantitative estimate of drug-likeness (QED) is 0.0108. The summed E-state index contributed by atoms with van der Waals surface area (Å²) in [5.74, 6) is -1.79. The summed E-state index contributed by atoms with van der Waals surface area (Å²) in [5.41, 5.74) is 23.9. The van der Waals surface area contributed by atoms with Gasteiger partial charge in [-0.2, -0.15) is 13.6 Å². The number of aliphatic hydroxyl groups is 2. The monoisotopic (exact) mass is 2170 g/mol. The van der Waals surface area contributed by atoms with Crippen LogP contribution < -0.4 is 65.8 Å². The summed E-state index contributed by atoms with van der Waals surface area (Å²) >= 11 is 0. The number of hydrogen-bond donors (Lipinski definition) is 26. The minimum Gasteiger partial charge on any atom is -0.481 e. The fraction of sp³-hybridized carbons (Fsp3) is 0.582. The predicted octanol–water partition coefficient (Wildman–Crippen LogP) is -6.10. The van der Waals surface area contributed by atoms with Gasteiger partial charge in [-0.3, -0.25) is 70.9 Å². The number of carbonyl (C=O) groups is 14. The molecule has 2 fully saturated rings. The molecule has 12 unspecified atom stereocenters. The molecule has 0 saturated carbocycles. The minimum atomic E-state index is -5.77. The number of hydrogen-bond acceptors (Lipinski definition) is 42. The van der Waals surface area contributed by atoms with Crippen LogP contribution in [0.15, 0.2) is 23.5 Å². The molecule has 2 aliphatic heterocycles. The molecule has 2 saturated heterocycles. The number of amides is 7. The van der Waals surface area contributed by atoms with Crippen LogP contribution in [0.2, 0.25) is 0 Å². The number of aromatic nitrogens is 5. The van der Waals surface area contributed by atoms with Crippen molar-refractivity contribution >= 4 is 199 Å². The molecule has 0 aromatic carbocycles. The van der Waals surface area contributed by atoms with Crippen LogP contribution in [0.1, 0.15) is 139 Å². The van der Waals surface area contributed by atoms with E-state index >= 15 is 0 Å². The summed E-state index contributed by atoms with van der Waals surface area (Å²) in [7, 11) is -17.8. The second kappa shape index (κ2) is 66.3. The van der Waals surface area contributed by atoms with Gasteiger partial charge in [0.25, 0.3) is 0 Å². The molecule has 0 bridgehead atoms. The summed E-state index contributed by atoms with van der Waals surface area (Å²) < 4.78 is 74.8. The first kappa shape index (κ1) is 129. The Morgan fingerprint density at radius 3 is 1.51 bits per heavy atom. The number of phosphoric ester groups is 1. The number of carboxylic acids is 6. The van der Waals surface area contributed by atoms with Crippen molar-refractivity contribution in [1.29, 1.82) is 0 Å². The number of Topliss-reactive ketones (excluding diaryl/α,β-unsaturated/α-hetero) is 1. The molecule has 61 nitrogen and oxygen atoms in total. The summed E-state index contributed by atoms with van der Waals surface area (Å²) in [6.45, 7) is -0.681. The maximum absolute atomic E-state index is 12.6. The van der Waals surface area contributed by atoms with Gasteiger partial charge in [-0.05, 0) is 25.7 Å². The Morgan fingerprint density at radius 1 is 0.551 bits per heavy atom. The number of aliphatic carboxylic acids is 6. The van der Waals surface area contributed by atoms with Crippen molar-refractivity contribution < 1.29 is 214 Å². The number of ketones is 1. The Labute approximate surface area is 800 Å².